The number of rotatable bonds is 14. The van der Waals surface area contributed by atoms with Crippen LogP contribution in [0.4, 0.5) is 0 Å². The molecular formula is C29H42N4O4ReS2-2. The summed E-state index contributed by atoms with van der Waals surface area (Å²) in [5.41, 5.74) is 1.25. The first kappa shape index (κ1) is 35.0. The number of piperidine rings is 1. The number of carbonyl (C=O) groups excluding carboxylic acids is 2. The molecule has 40 heavy (non-hydrogen) atoms. The summed E-state index contributed by atoms with van der Waals surface area (Å²) in [4.78, 5) is 30.5. The van der Waals surface area contributed by atoms with Gasteiger partial charge in [0.15, 0.2) is 0 Å². The van der Waals surface area contributed by atoms with Crippen LogP contribution in [0.5, 0.6) is 0 Å². The molecule has 8 nitrogen and oxygen atoms in total. The zero-order chi connectivity index (χ0) is 26.9. The number of thiol groups is 2. The first-order chi connectivity index (χ1) is 18.5. The number of hydrogen-bond donors (Lipinski definition) is 4. The minimum Gasteiger partial charge on any atom is -2.00 e. The average molecular weight is 761 g/mol. The van der Waals surface area contributed by atoms with Crippen molar-refractivity contribution in [2.24, 2.45) is 5.92 Å². The molecule has 2 fully saturated rings. The molecule has 0 spiro atoms. The standard InChI is InChI=1S/C29H42N4O3S2.O.Re/c1-36-20-31-29(35)28-25(23-8-7-21-5-2-3-6-22(21)17-23)18-24-9-10-26(28)33(24)13-4-12-32(14-16-38)19-27(34)30-11-15-37;;/h2-3,5-8,17,24-26,28,37-38H,4,9-16,18-20H2,1H3,(H,30,34)(H,31,35);;/q;-2;/t24?,25-,26+,28-;;/m0../s1. The van der Waals surface area contributed by atoms with Crippen LogP contribution in [0, 0.1) is 5.92 Å². The van der Waals surface area contributed by atoms with Crippen molar-refractivity contribution < 1.29 is 40.2 Å². The van der Waals surface area contributed by atoms with Gasteiger partial charge in [0.25, 0.3) is 0 Å². The third-order valence-electron chi connectivity index (χ3n) is 8.07. The normalized spacial score (nSPS) is 22.0. The number of amides is 2. The summed E-state index contributed by atoms with van der Waals surface area (Å²) >= 11 is 8.56. The molecule has 2 aliphatic rings. The summed E-state index contributed by atoms with van der Waals surface area (Å²) in [6, 6.07) is 15.8. The van der Waals surface area contributed by atoms with E-state index >= 15 is 0 Å². The number of benzene rings is 2. The van der Waals surface area contributed by atoms with E-state index in [2.05, 4.69) is 88.2 Å². The molecule has 223 valence electrons. The summed E-state index contributed by atoms with van der Waals surface area (Å²) in [7, 11) is 1.61. The van der Waals surface area contributed by atoms with Crippen molar-refractivity contribution in [1.29, 1.82) is 0 Å². The van der Waals surface area contributed by atoms with Gasteiger partial charge in [-0.25, -0.2) is 0 Å². The summed E-state index contributed by atoms with van der Waals surface area (Å²) in [5, 5.41) is 8.37. The second kappa shape index (κ2) is 17.7. The molecule has 0 aromatic heterocycles. The fourth-order valence-electron chi connectivity index (χ4n) is 6.40. The van der Waals surface area contributed by atoms with Crippen molar-refractivity contribution in [3.05, 3.63) is 48.0 Å². The van der Waals surface area contributed by atoms with Crippen molar-refractivity contribution in [3.63, 3.8) is 0 Å². The van der Waals surface area contributed by atoms with Gasteiger partial charge in [-0.15, -0.1) is 0 Å². The largest absolute Gasteiger partial charge is 2.00 e. The van der Waals surface area contributed by atoms with Crippen LogP contribution in [0.3, 0.4) is 0 Å². The summed E-state index contributed by atoms with van der Waals surface area (Å²) < 4.78 is 5.18. The van der Waals surface area contributed by atoms with Gasteiger partial charge in [0.05, 0.1) is 12.5 Å². The predicted molar refractivity (Wildman–Crippen MR) is 161 cm³/mol. The van der Waals surface area contributed by atoms with E-state index < -0.39 is 0 Å². The Morgan fingerprint density at radius 2 is 1.82 bits per heavy atom. The minimum atomic E-state index is -0.120. The van der Waals surface area contributed by atoms with Gasteiger partial charge in [-0.2, -0.15) is 25.3 Å². The quantitative estimate of drug-likeness (QED) is 0.175. The molecule has 1 radical (unpaired) electrons. The molecular weight excluding hydrogens is 719 g/mol. The first-order valence-corrected chi connectivity index (χ1v) is 15.0. The van der Waals surface area contributed by atoms with Gasteiger partial charge < -0.3 is 20.8 Å². The van der Waals surface area contributed by atoms with E-state index in [1.54, 1.807) is 7.11 Å². The van der Waals surface area contributed by atoms with E-state index in [4.69, 9.17) is 4.74 Å². The topological polar surface area (TPSA) is 102 Å². The van der Waals surface area contributed by atoms with Crippen LogP contribution < -0.4 is 10.6 Å². The van der Waals surface area contributed by atoms with Crippen molar-refractivity contribution in [3.8, 4) is 0 Å². The summed E-state index contributed by atoms with van der Waals surface area (Å²) in [5.74, 6) is 1.52. The van der Waals surface area contributed by atoms with Crippen LogP contribution in [0.1, 0.15) is 37.2 Å². The van der Waals surface area contributed by atoms with Gasteiger partial charge in [0, 0.05) is 64.2 Å². The Morgan fingerprint density at radius 3 is 2.55 bits per heavy atom. The molecule has 4 rings (SSSR count). The third-order valence-corrected chi connectivity index (χ3v) is 8.49. The van der Waals surface area contributed by atoms with Gasteiger partial charge in [-0.05, 0) is 61.0 Å². The number of ether oxygens (including phenoxy) is 1. The first-order valence-electron chi connectivity index (χ1n) is 13.8. The smallest absolute Gasteiger partial charge is 0.234 e. The van der Waals surface area contributed by atoms with Gasteiger partial charge in [-0.1, -0.05) is 42.5 Å². The molecule has 0 aliphatic carbocycles. The third kappa shape index (κ3) is 8.92. The van der Waals surface area contributed by atoms with Gasteiger partial charge >= 0.3 is 0 Å². The van der Waals surface area contributed by atoms with E-state index in [0.29, 0.717) is 30.6 Å². The molecule has 2 bridgehead atoms. The number of methoxy groups -OCH3 is 1. The molecule has 2 aromatic rings. The predicted octanol–water partition coefficient (Wildman–Crippen LogP) is 3.04. The number of carbonyl (C=O) groups is 2. The summed E-state index contributed by atoms with van der Waals surface area (Å²) in [6.45, 7) is 3.72. The van der Waals surface area contributed by atoms with Crippen molar-refractivity contribution in [1.82, 2.24) is 20.4 Å². The zero-order valence-electron chi connectivity index (χ0n) is 23.1. The van der Waals surface area contributed by atoms with E-state index in [0.717, 1.165) is 45.3 Å². The van der Waals surface area contributed by atoms with Crippen LogP contribution in [-0.2, 0) is 40.2 Å². The molecule has 1 unspecified atom stereocenters. The van der Waals surface area contributed by atoms with Crippen LogP contribution in [0.15, 0.2) is 42.5 Å². The molecule has 0 saturated carbocycles. The van der Waals surface area contributed by atoms with E-state index in [-0.39, 0.29) is 62.3 Å². The van der Waals surface area contributed by atoms with Crippen LogP contribution in [0.2, 0.25) is 0 Å². The Balaban J connectivity index is 0.00000280. The van der Waals surface area contributed by atoms with Crippen molar-refractivity contribution >= 4 is 47.8 Å². The maximum Gasteiger partial charge on any atom is 0.234 e. The van der Waals surface area contributed by atoms with E-state index in [1.807, 2.05) is 0 Å². The van der Waals surface area contributed by atoms with E-state index in [9.17, 15) is 9.59 Å². The second-order valence-corrected chi connectivity index (χ2v) is 11.3. The number of hydrogen-bond acceptors (Lipinski definition) is 7. The number of nitrogens with zero attached hydrogens (tertiary/aromatic N) is 2. The Labute approximate surface area is 263 Å². The molecule has 2 heterocycles. The maximum atomic E-state index is 13.5. The van der Waals surface area contributed by atoms with Gasteiger partial charge in [0.2, 0.25) is 11.8 Å². The fourth-order valence-corrected chi connectivity index (χ4v) is 6.80. The van der Waals surface area contributed by atoms with Crippen molar-refractivity contribution in [2.45, 2.75) is 43.7 Å². The number of fused-ring (bicyclic) bond motifs is 3. The van der Waals surface area contributed by atoms with Crippen molar-refractivity contribution in [2.75, 3.05) is 58.1 Å². The molecule has 2 aromatic carbocycles. The maximum absolute atomic E-state index is 13.5. The Kier molecular flexibility index (Phi) is 15.5. The minimum absolute atomic E-state index is 0. The molecule has 2 N–H and O–H groups in total. The van der Waals surface area contributed by atoms with Gasteiger partial charge in [-0.3, -0.25) is 19.4 Å². The zero-order valence-corrected chi connectivity index (χ0v) is 27.6. The number of nitrogens with one attached hydrogen (secondary N) is 2. The Hall–Kier alpha value is -1.16. The van der Waals surface area contributed by atoms with Crippen LogP contribution in [-0.4, -0.2) is 91.8 Å². The van der Waals surface area contributed by atoms with Crippen LogP contribution >= 0.6 is 25.3 Å². The summed E-state index contributed by atoms with van der Waals surface area (Å²) in [6.07, 6.45) is 4.08. The van der Waals surface area contributed by atoms with Crippen LogP contribution in [0.25, 0.3) is 10.8 Å². The monoisotopic (exact) mass is 761 g/mol. The molecule has 11 heteroatoms. The molecule has 4 atom stereocenters. The SMILES string of the molecule is COCNC(=O)[C@@H]1[C@H]2CCC(C[C@H]1c1ccc3ccccc3c1)N2CCCN(CCS)CC(=O)NCCS.[O-2].[Re]. The Bertz CT molecular complexity index is 1080. The Morgan fingerprint density at radius 1 is 1.05 bits per heavy atom. The van der Waals surface area contributed by atoms with E-state index in [1.165, 1.54) is 16.3 Å². The second-order valence-electron chi connectivity index (χ2n) is 10.4. The molecule has 2 aliphatic heterocycles. The average Bonchev–Trinajstić information content (AvgIpc) is 3.20. The molecule has 2 saturated heterocycles. The fraction of sp³-hybridized carbons (Fsp3) is 0.586. The molecule has 2 amide bonds. The van der Waals surface area contributed by atoms with Gasteiger partial charge in [0.1, 0.15) is 6.73 Å².